The normalized spacial score (nSPS) is 20.7. The molecule has 0 aliphatic carbocycles. The summed E-state index contributed by atoms with van der Waals surface area (Å²) in [5.74, 6) is -0.212. The van der Waals surface area contributed by atoms with Gasteiger partial charge in [0.2, 0.25) is 5.91 Å². The van der Waals surface area contributed by atoms with Crippen LogP contribution in [0.1, 0.15) is 63.2 Å². The Morgan fingerprint density at radius 3 is 2.50 bits per heavy atom. The molecule has 0 saturated carbocycles. The van der Waals surface area contributed by atoms with Crippen molar-refractivity contribution in [3.05, 3.63) is 54.1 Å². The molecule has 2 N–H and O–H groups in total. The van der Waals surface area contributed by atoms with Gasteiger partial charge in [0, 0.05) is 44.8 Å². The fourth-order valence-electron chi connectivity index (χ4n) is 5.37. The number of nitrogens with zero attached hydrogens (tertiary/aromatic N) is 3. The average Bonchev–Trinajstić information content (AvgIpc) is 3.02. The molecule has 0 aromatic heterocycles. The Balaban J connectivity index is 1.93. The van der Waals surface area contributed by atoms with Crippen LogP contribution in [0.5, 0.6) is 5.75 Å². The number of aliphatic hydroxyl groups is 1. The summed E-state index contributed by atoms with van der Waals surface area (Å²) < 4.78 is 41.4. The SMILES string of the molecule is C[C@@H]1CN([C@H](C)CO)C(=O)c2cc(NS(=O)(=O)c3ccccc3)ccc2O[C@@H](C)CCCCO[C@@H]1CN(C)C(=O)CCCN(C)C. The second-order valence-electron chi connectivity index (χ2n) is 12.6. The Labute approximate surface area is 274 Å². The van der Waals surface area contributed by atoms with Crippen LogP contribution in [0.4, 0.5) is 5.69 Å². The highest BCUT2D eigenvalue weighted by atomic mass is 32.2. The quantitative estimate of drug-likeness (QED) is 0.369. The maximum Gasteiger partial charge on any atom is 0.261 e. The number of likely N-dealkylation sites (N-methyl/N-ethyl adjacent to an activating group) is 1. The van der Waals surface area contributed by atoms with Gasteiger partial charge in [-0.2, -0.15) is 0 Å². The molecule has 12 heteroatoms. The standard InChI is InChI=1S/C34H52N4O7S/c1-25-22-38(26(2)24-39)34(41)30-21-28(35-46(42,43)29-14-8-7-9-15-29)17-18-31(30)45-27(3)13-10-11-20-44-32(25)23-37(6)33(40)16-12-19-36(4)5/h7-9,14-15,17-18,21,25-27,32,35,39H,10-13,16,19-20,22-24H2,1-6H3/t25-,26-,27+,32-/m1/s1. The maximum atomic E-state index is 14.3. The maximum absolute atomic E-state index is 14.3. The molecular weight excluding hydrogens is 608 g/mol. The number of benzene rings is 2. The molecule has 0 radical (unpaired) electrons. The van der Waals surface area contributed by atoms with Crippen LogP contribution in [0.15, 0.2) is 53.4 Å². The summed E-state index contributed by atoms with van der Waals surface area (Å²) in [6, 6.07) is 12.2. The highest BCUT2D eigenvalue weighted by Gasteiger charge is 2.31. The van der Waals surface area contributed by atoms with E-state index in [1.807, 2.05) is 27.9 Å². The second kappa shape index (κ2) is 17.7. The van der Waals surface area contributed by atoms with Crippen LogP contribution < -0.4 is 9.46 Å². The van der Waals surface area contributed by atoms with Gasteiger partial charge in [-0.3, -0.25) is 14.3 Å². The van der Waals surface area contributed by atoms with E-state index in [0.29, 0.717) is 25.3 Å². The molecule has 2 aromatic carbocycles. The summed E-state index contributed by atoms with van der Waals surface area (Å²) in [5.41, 5.74) is 0.406. The fourth-order valence-corrected chi connectivity index (χ4v) is 6.44. The molecule has 3 rings (SSSR count). The van der Waals surface area contributed by atoms with Crippen molar-refractivity contribution in [2.75, 3.05) is 58.7 Å². The zero-order chi connectivity index (χ0) is 33.9. The van der Waals surface area contributed by atoms with E-state index in [2.05, 4.69) is 9.62 Å². The summed E-state index contributed by atoms with van der Waals surface area (Å²) in [6.45, 7) is 7.34. The molecule has 1 heterocycles. The number of hydrogen-bond donors (Lipinski definition) is 2. The summed E-state index contributed by atoms with van der Waals surface area (Å²) in [7, 11) is 1.84. The number of aliphatic hydroxyl groups excluding tert-OH is 1. The minimum Gasteiger partial charge on any atom is -0.490 e. The van der Waals surface area contributed by atoms with E-state index in [9.17, 15) is 23.1 Å². The van der Waals surface area contributed by atoms with Crippen molar-refractivity contribution in [2.24, 2.45) is 5.92 Å². The second-order valence-corrected chi connectivity index (χ2v) is 14.3. The predicted molar refractivity (Wildman–Crippen MR) is 180 cm³/mol. The molecule has 0 spiro atoms. The van der Waals surface area contributed by atoms with Crippen LogP contribution in [-0.2, 0) is 19.6 Å². The molecule has 11 nitrogen and oxygen atoms in total. The third kappa shape index (κ3) is 11.0. The molecule has 1 aliphatic heterocycles. The monoisotopic (exact) mass is 660 g/mol. The Bertz CT molecular complexity index is 1370. The first-order chi connectivity index (χ1) is 21.8. The Morgan fingerprint density at radius 1 is 1.11 bits per heavy atom. The number of sulfonamides is 1. The number of ether oxygens (including phenoxy) is 2. The lowest BCUT2D eigenvalue weighted by Gasteiger charge is -2.36. The molecular formula is C34H52N4O7S. The predicted octanol–water partition coefficient (Wildman–Crippen LogP) is 4.08. The van der Waals surface area contributed by atoms with Gasteiger partial charge in [0.1, 0.15) is 5.75 Å². The first-order valence-electron chi connectivity index (χ1n) is 16.1. The highest BCUT2D eigenvalue weighted by Crippen LogP contribution is 2.29. The fraction of sp³-hybridized carbons (Fsp3) is 0.588. The third-order valence-corrected chi connectivity index (χ3v) is 9.63. The van der Waals surface area contributed by atoms with Gasteiger partial charge in [-0.05, 0) is 90.5 Å². The van der Waals surface area contributed by atoms with Gasteiger partial charge in [0.25, 0.3) is 15.9 Å². The first kappa shape index (κ1) is 37.3. The number of rotatable bonds is 11. The van der Waals surface area contributed by atoms with Crippen molar-refractivity contribution >= 4 is 27.5 Å². The van der Waals surface area contributed by atoms with E-state index >= 15 is 0 Å². The van der Waals surface area contributed by atoms with Crippen LogP contribution in [0.25, 0.3) is 0 Å². The highest BCUT2D eigenvalue weighted by molar-refractivity contribution is 7.92. The number of hydrogen-bond acceptors (Lipinski definition) is 8. The Hall–Kier alpha value is -3.19. The van der Waals surface area contributed by atoms with E-state index in [-0.39, 0.29) is 53.3 Å². The molecule has 2 amide bonds. The van der Waals surface area contributed by atoms with Crippen LogP contribution in [0.3, 0.4) is 0 Å². The number of amides is 2. The van der Waals surface area contributed by atoms with Crippen LogP contribution in [0, 0.1) is 5.92 Å². The van der Waals surface area contributed by atoms with E-state index < -0.39 is 22.0 Å². The smallest absolute Gasteiger partial charge is 0.261 e. The van der Waals surface area contributed by atoms with Gasteiger partial charge in [0.15, 0.2) is 0 Å². The molecule has 1 aliphatic rings. The molecule has 2 aromatic rings. The third-order valence-electron chi connectivity index (χ3n) is 8.23. The van der Waals surface area contributed by atoms with E-state index in [1.165, 1.54) is 18.2 Å². The Kier molecular flexibility index (Phi) is 14.3. The number of nitrogens with one attached hydrogen (secondary N) is 1. The largest absolute Gasteiger partial charge is 0.490 e. The van der Waals surface area contributed by atoms with Crippen LogP contribution in [0.2, 0.25) is 0 Å². The molecule has 256 valence electrons. The van der Waals surface area contributed by atoms with Crippen molar-refractivity contribution in [1.82, 2.24) is 14.7 Å². The van der Waals surface area contributed by atoms with Crippen LogP contribution in [-0.4, -0.2) is 112 Å². The number of fused-ring (bicyclic) bond motifs is 1. The van der Waals surface area contributed by atoms with Gasteiger partial charge >= 0.3 is 0 Å². The van der Waals surface area contributed by atoms with E-state index in [4.69, 9.17) is 9.47 Å². The van der Waals surface area contributed by atoms with Gasteiger partial charge < -0.3 is 29.3 Å². The van der Waals surface area contributed by atoms with Crippen molar-refractivity contribution in [3.8, 4) is 5.75 Å². The van der Waals surface area contributed by atoms with Crippen molar-refractivity contribution in [3.63, 3.8) is 0 Å². The topological polar surface area (TPSA) is 129 Å². The zero-order valence-electron chi connectivity index (χ0n) is 28.1. The van der Waals surface area contributed by atoms with Crippen LogP contribution >= 0.6 is 0 Å². The summed E-state index contributed by atoms with van der Waals surface area (Å²) in [4.78, 5) is 32.7. The van der Waals surface area contributed by atoms with Gasteiger partial charge in [0.05, 0.1) is 35.3 Å². The number of carbonyl (C=O) groups is 2. The average molecular weight is 661 g/mol. The molecule has 4 atom stereocenters. The lowest BCUT2D eigenvalue weighted by Crippen LogP contribution is -2.48. The van der Waals surface area contributed by atoms with E-state index in [1.54, 1.807) is 54.1 Å². The first-order valence-corrected chi connectivity index (χ1v) is 17.6. The summed E-state index contributed by atoms with van der Waals surface area (Å²) in [5, 5.41) is 10.2. The minimum atomic E-state index is -3.90. The summed E-state index contributed by atoms with van der Waals surface area (Å²) >= 11 is 0. The molecule has 46 heavy (non-hydrogen) atoms. The summed E-state index contributed by atoms with van der Waals surface area (Å²) in [6.07, 6.45) is 3.01. The van der Waals surface area contributed by atoms with Gasteiger partial charge in [-0.1, -0.05) is 25.1 Å². The molecule has 0 bridgehead atoms. The van der Waals surface area contributed by atoms with Crippen molar-refractivity contribution in [2.45, 2.75) is 76.0 Å². The van der Waals surface area contributed by atoms with Gasteiger partial charge in [-0.25, -0.2) is 8.42 Å². The molecule has 0 unspecified atom stereocenters. The van der Waals surface area contributed by atoms with Gasteiger partial charge in [-0.15, -0.1) is 0 Å². The van der Waals surface area contributed by atoms with Crippen molar-refractivity contribution < 1.29 is 32.6 Å². The number of carbonyl (C=O) groups excluding carboxylic acids is 2. The van der Waals surface area contributed by atoms with Crippen molar-refractivity contribution in [1.29, 1.82) is 0 Å². The lowest BCUT2D eigenvalue weighted by molar-refractivity contribution is -0.132. The number of anilines is 1. The molecule has 0 saturated heterocycles. The lowest BCUT2D eigenvalue weighted by atomic mass is 10.0. The van der Waals surface area contributed by atoms with E-state index in [0.717, 1.165) is 32.2 Å². The Morgan fingerprint density at radius 2 is 1.83 bits per heavy atom. The minimum absolute atomic E-state index is 0.0408. The zero-order valence-corrected chi connectivity index (χ0v) is 29.0. The molecule has 0 fully saturated rings.